The number of hydrogen-bond acceptors (Lipinski definition) is 4. The fourth-order valence-electron chi connectivity index (χ4n) is 2.11. The Morgan fingerprint density at radius 3 is 2.48 bits per heavy atom. The monoisotopic (exact) mass is 343 g/mol. The summed E-state index contributed by atoms with van der Waals surface area (Å²) in [7, 11) is 0. The molecule has 0 fully saturated rings. The van der Waals surface area contributed by atoms with Gasteiger partial charge in [0.25, 0.3) is 5.91 Å². The fourth-order valence-corrected chi connectivity index (χ4v) is 2.11. The van der Waals surface area contributed by atoms with Gasteiger partial charge in [0.1, 0.15) is 12.3 Å². The Hall–Kier alpha value is -3.09. The van der Waals surface area contributed by atoms with E-state index in [-0.39, 0.29) is 11.8 Å². The molecule has 132 valence electrons. The molecule has 1 aromatic heterocycles. The summed E-state index contributed by atoms with van der Waals surface area (Å²) >= 11 is 0. The van der Waals surface area contributed by atoms with Gasteiger partial charge in [0.15, 0.2) is 0 Å². The predicted molar refractivity (Wildman–Crippen MR) is 94.2 cm³/mol. The summed E-state index contributed by atoms with van der Waals surface area (Å²) in [5.74, 6) is -0.836. The minimum absolute atomic E-state index is 0.0771. The van der Waals surface area contributed by atoms with Crippen LogP contribution in [-0.4, -0.2) is 23.8 Å². The Kier molecular flexibility index (Phi) is 6.33. The molecule has 2 aromatic rings. The van der Waals surface area contributed by atoms with Crippen LogP contribution >= 0.6 is 0 Å². The molecule has 1 heterocycles. The van der Waals surface area contributed by atoms with E-state index in [1.165, 1.54) is 18.6 Å². The first-order valence-corrected chi connectivity index (χ1v) is 8.03. The van der Waals surface area contributed by atoms with Crippen molar-refractivity contribution >= 4 is 29.1 Å². The number of furan rings is 1. The lowest BCUT2D eigenvalue weighted by atomic mass is 10.2. The number of nitrogens with one attached hydrogen (secondary N) is 3. The third-order valence-electron chi connectivity index (χ3n) is 3.42. The number of anilines is 2. The average Bonchev–Trinajstić information content (AvgIpc) is 3.09. The van der Waals surface area contributed by atoms with Crippen LogP contribution in [0.5, 0.6) is 0 Å². The van der Waals surface area contributed by atoms with Crippen molar-refractivity contribution in [1.29, 1.82) is 0 Å². The first-order chi connectivity index (χ1) is 12.0. The van der Waals surface area contributed by atoms with E-state index in [2.05, 4.69) is 16.0 Å². The summed E-state index contributed by atoms with van der Waals surface area (Å²) in [5.41, 5.74) is 1.48. The number of hydrogen-bond donors (Lipinski definition) is 3. The lowest BCUT2D eigenvalue weighted by molar-refractivity contribution is -0.117. The molecule has 3 N–H and O–H groups in total. The van der Waals surface area contributed by atoms with Gasteiger partial charge in [-0.25, -0.2) is 0 Å². The largest absolute Gasteiger partial charge is 0.472 e. The van der Waals surface area contributed by atoms with Crippen LogP contribution in [0.1, 0.15) is 37.0 Å². The maximum absolute atomic E-state index is 12.2. The molecule has 0 aliphatic heterocycles. The van der Waals surface area contributed by atoms with Crippen LogP contribution in [0, 0.1) is 0 Å². The molecular formula is C18H21N3O4. The van der Waals surface area contributed by atoms with E-state index in [1.54, 1.807) is 31.2 Å². The Morgan fingerprint density at radius 1 is 1.12 bits per heavy atom. The molecule has 0 saturated heterocycles. The normalized spacial score (nSPS) is 11.4. The van der Waals surface area contributed by atoms with Gasteiger partial charge in [0.05, 0.1) is 11.8 Å². The molecule has 0 spiro atoms. The Morgan fingerprint density at radius 2 is 1.84 bits per heavy atom. The topological polar surface area (TPSA) is 100 Å². The molecule has 0 saturated carbocycles. The quantitative estimate of drug-likeness (QED) is 0.719. The zero-order valence-electron chi connectivity index (χ0n) is 14.2. The highest BCUT2D eigenvalue weighted by Crippen LogP contribution is 2.16. The van der Waals surface area contributed by atoms with Crippen molar-refractivity contribution < 1.29 is 18.8 Å². The van der Waals surface area contributed by atoms with Gasteiger partial charge in [-0.15, -0.1) is 0 Å². The van der Waals surface area contributed by atoms with Gasteiger partial charge in [-0.3, -0.25) is 14.4 Å². The summed E-state index contributed by atoms with van der Waals surface area (Å²) in [6, 6.07) is 7.62. The Balaban J connectivity index is 1.93. The molecule has 0 bridgehead atoms. The minimum atomic E-state index is -0.735. The molecule has 1 aromatic carbocycles. The molecule has 2 rings (SSSR count). The maximum atomic E-state index is 12.2. The van der Waals surface area contributed by atoms with Crippen LogP contribution in [0.15, 0.2) is 47.3 Å². The van der Waals surface area contributed by atoms with Gasteiger partial charge < -0.3 is 20.4 Å². The van der Waals surface area contributed by atoms with Crippen LogP contribution in [0.2, 0.25) is 0 Å². The SMILES string of the molecule is CCCC(=O)Nc1cccc(NC(=O)C(C)NC(=O)c2ccoc2)c1. The fraction of sp³-hybridized carbons (Fsp3) is 0.278. The molecule has 0 aliphatic rings. The summed E-state index contributed by atoms with van der Waals surface area (Å²) < 4.78 is 4.84. The van der Waals surface area contributed by atoms with Crippen LogP contribution in [0.3, 0.4) is 0 Å². The predicted octanol–water partition coefficient (Wildman–Crippen LogP) is 2.78. The Labute approximate surface area is 145 Å². The van der Waals surface area contributed by atoms with Crippen molar-refractivity contribution in [2.75, 3.05) is 10.6 Å². The molecule has 1 unspecified atom stereocenters. The highest BCUT2D eigenvalue weighted by molar-refractivity contribution is 6.01. The maximum Gasteiger partial charge on any atom is 0.255 e. The van der Waals surface area contributed by atoms with E-state index >= 15 is 0 Å². The third-order valence-corrected chi connectivity index (χ3v) is 3.42. The molecule has 7 nitrogen and oxygen atoms in total. The summed E-state index contributed by atoms with van der Waals surface area (Å²) in [4.78, 5) is 35.8. The highest BCUT2D eigenvalue weighted by atomic mass is 16.3. The standard InChI is InChI=1S/C18H21N3O4/c1-3-5-16(22)20-14-6-4-7-15(10-14)21-17(23)12(2)19-18(24)13-8-9-25-11-13/h4,6-12H,3,5H2,1-2H3,(H,19,24)(H,20,22)(H,21,23). The van der Waals surface area contributed by atoms with Crippen LogP contribution in [0.25, 0.3) is 0 Å². The molecule has 7 heteroatoms. The number of benzene rings is 1. The zero-order chi connectivity index (χ0) is 18.2. The van der Waals surface area contributed by atoms with E-state index in [9.17, 15) is 14.4 Å². The van der Waals surface area contributed by atoms with E-state index in [1.807, 2.05) is 6.92 Å². The molecule has 1 atom stereocenters. The first kappa shape index (κ1) is 18.3. The zero-order valence-corrected chi connectivity index (χ0v) is 14.2. The second kappa shape index (κ2) is 8.68. The van der Waals surface area contributed by atoms with Crippen molar-refractivity contribution in [3.63, 3.8) is 0 Å². The number of amides is 3. The van der Waals surface area contributed by atoms with Gasteiger partial charge in [-0.1, -0.05) is 13.0 Å². The molecule has 25 heavy (non-hydrogen) atoms. The minimum Gasteiger partial charge on any atom is -0.472 e. The van der Waals surface area contributed by atoms with Gasteiger partial charge in [0.2, 0.25) is 11.8 Å². The number of rotatable bonds is 7. The lowest BCUT2D eigenvalue weighted by Crippen LogP contribution is -2.41. The van der Waals surface area contributed by atoms with Crippen molar-refractivity contribution in [2.45, 2.75) is 32.7 Å². The van der Waals surface area contributed by atoms with E-state index in [4.69, 9.17) is 4.42 Å². The van der Waals surface area contributed by atoms with Gasteiger partial charge in [-0.05, 0) is 37.6 Å². The van der Waals surface area contributed by atoms with Gasteiger partial charge in [-0.2, -0.15) is 0 Å². The Bertz CT molecular complexity index is 741. The molecule has 3 amide bonds. The molecule has 0 radical (unpaired) electrons. The molecule has 0 aliphatic carbocycles. The van der Waals surface area contributed by atoms with Crippen LogP contribution < -0.4 is 16.0 Å². The summed E-state index contributed by atoms with van der Waals surface area (Å²) in [5, 5.41) is 8.06. The van der Waals surface area contributed by atoms with Crippen LogP contribution in [0.4, 0.5) is 11.4 Å². The lowest BCUT2D eigenvalue weighted by Gasteiger charge is -2.14. The second-order valence-corrected chi connectivity index (χ2v) is 5.58. The van der Waals surface area contributed by atoms with Crippen molar-refractivity contribution in [2.24, 2.45) is 0 Å². The van der Waals surface area contributed by atoms with Crippen LogP contribution in [-0.2, 0) is 9.59 Å². The first-order valence-electron chi connectivity index (χ1n) is 8.03. The number of carbonyl (C=O) groups is 3. The van der Waals surface area contributed by atoms with Crippen molar-refractivity contribution in [1.82, 2.24) is 5.32 Å². The van der Waals surface area contributed by atoms with E-state index in [0.29, 0.717) is 23.4 Å². The van der Waals surface area contributed by atoms with E-state index < -0.39 is 11.9 Å². The van der Waals surface area contributed by atoms with Gasteiger partial charge in [0, 0.05) is 17.8 Å². The van der Waals surface area contributed by atoms with Crippen molar-refractivity contribution in [3.8, 4) is 0 Å². The molecular weight excluding hydrogens is 322 g/mol. The van der Waals surface area contributed by atoms with Crippen molar-refractivity contribution in [3.05, 3.63) is 48.4 Å². The summed E-state index contributed by atoms with van der Waals surface area (Å²) in [6.07, 6.45) is 3.89. The van der Waals surface area contributed by atoms with Gasteiger partial charge >= 0.3 is 0 Å². The third kappa shape index (κ3) is 5.49. The number of carbonyl (C=O) groups excluding carboxylic acids is 3. The average molecular weight is 343 g/mol. The highest BCUT2D eigenvalue weighted by Gasteiger charge is 2.17. The van der Waals surface area contributed by atoms with E-state index in [0.717, 1.165) is 6.42 Å². The summed E-state index contributed by atoms with van der Waals surface area (Å²) in [6.45, 7) is 3.51. The smallest absolute Gasteiger partial charge is 0.255 e. The second-order valence-electron chi connectivity index (χ2n) is 5.58.